The van der Waals surface area contributed by atoms with Crippen molar-refractivity contribution in [3.05, 3.63) is 0 Å². The first-order valence-corrected chi connectivity index (χ1v) is 4.53. The highest BCUT2D eigenvalue weighted by molar-refractivity contribution is 5.77. The first-order valence-electron chi connectivity index (χ1n) is 4.53. The number of amides is 1. The molecule has 76 valence electrons. The number of nitrogens with zero attached hydrogens (tertiary/aromatic N) is 1. The number of carbonyl (C=O) groups excluding carboxylic acids is 1. The summed E-state index contributed by atoms with van der Waals surface area (Å²) in [5, 5.41) is 8.64. The van der Waals surface area contributed by atoms with Crippen molar-refractivity contribution in [3.63, 3.8) is 0 Å². The highest BCUT2D eigenvalue weighted by Gasteiger charge is 2.17. The molecule has 0 radical (unpaired) electrons. The van der Waals surface area contributed by atoms with Crippen LogP contribution in [0.4, 0.5) is 0 Å². The topological polar surface area (TPSA) is 57.6 Å². The van der Waals surface area contributed by atoms with Gasteiger partial charge in [0, 0.05) is 19.5 Å². The summed E-state index contributed by atoms with van der Waals surface area (Å²) in [7, 11) is 0. The Balaban J connectivity index is 4.12. The van der Waals surface area contributed by atoms with Gasteiger partial charge in [-0.05, 0) is 6.92 Å². The molecular formula is C9H17NO3. The van der Waals surface area contributed by atoms with Gasteiger partial charge in [0.25, 0.3) is 0 Å². The van der Waals surface area contributed by atoms with Crippen molar-refractivity contribution in [2.24, 2.45) is 5.92 Å². The fraction of sp³-hybridized carbons (Fsp3) is 0.778. The molecule has 1 N–H and O–H groups in total. The molecule has 0 aliphatic rings. The van der Waals surface area contributed by atoms with E-state index in [1.54, 1.807) is 18.7 Å². The van der Waals surface area contributed by atoms with Crippen molar-refractivity contribution < 1.29 is 14.7 Å². The van der Waals surface area contributed by atoms with Gasteiger partial charge in [-0.1, -0.05) is 13.8 Å². The van der Waals surface area contributed by atoms with Crippen LogP contribution in [0.2, 0.25) is 0 Å². The number of carboxylic acid groups (broad SMARTS) is 1. The van der Waals surface area contributed by atoms with E-state index < -0.39 is 11.9 Å². The minimum atomic E-state index is -0.859. The van der Waals surface area contributed by atoms with Gasteiger partial charge in [-0.25, -0.2) is 0 Å². The molecule has 0 saturated carbocycles. The molecule has 0 aromatic rings. The zero-order chi connectivity index (χ0) is 10.4. The molecule has 0 spiro atoms. The summed E-state index contributed by atoms with van der Waals surface area (Å²) >= 11 is 0. The molecule has 0 fully saturated rings. The molecule has 0 aliphatic carbocycles. The van der Waals surface area contributed by atoms with Gasteiger partial charge < -0.3 is 10.0 Å². The van der Waals surface area contributed by atoms with Gasteiger partial charge in [0.2, 0.25) is 5.91 Å². The summed E-state index contributed by atoms with van der Waals surface area (Å²) in [4.78, 5) is 23.3. The maximum absolute atomic E-state index is 11.2. The van der Waals surface area contributed by atoms with Crippen LogP contribution in [0.3, 0.4) is 0 Å². The van der Waals surface area contributed by atoms with Gasteiger partial charge in [-0.2, -0.15) is 0 Å². The summed E-state index contributed by atoms with van der Waals surface area (Å²) in [6.07, 6.45) is 0.431. The fourth-order valence-corrected chi connectivity index (χ4v) is 1.04. The van der Waals surface area contributed by atoms with Crippen molar-refractivity contribution in [2.45, 2.75) is 27.2 Å². The molecule has 0 aliphatic heterocycles. The summed E-state index contributed by atoms with van der Waals surface area (Å²) in [5.41, 5.74) is 0. The van der Waals surface area contributed by atoms with E-state index in [0.29, 0.717) is 19.5 Å². The van der Waals surface area contributed by atoms with E-state index >= 15 is 0 Å². The summed E-state index contributed by atoms with van der Waals surface area (Å²) in [6.45, 7) is 6.11. The first-order chi connectivity index (χ1) is 6.02. The van der Waals surface area contributed by atoms with Gasteiger partial charge >= 0.3 is 5.97 Å². The molecule has 1 atom stereocenters. The predicted octanol–water partition coefficient (Wildman–Crippen LogP) is 0.966. The van der Waals surface area contributed by atoms with Crippen LogP contribution in [-0.4, -0.2) is 35.0 Å². The Kier molecular flexibility index (Phi) is 5.11. The lowest BCUT2D eigenvalue weighted by Gasteiger charge is -2.22. The van der Waals surface area contributed by atoms with E-state index in [-0.39, 0.29) is 5.91 Å². The van der Waals surface area contributed by atoms with E-state index in [0.717, 1.165) is 0 Å². The quantitative estimate of drug-likeness (QED) is 0.697. The molecule has 4 nitrogen and oxygen atoms in total. The third kappa shape index (κ3) is 3.92. The maximum Gasteiger partial charge on any atom is 0.308 e. The second-order valence-electron chi connectivity index (χ2n) is 3.03. The highest BCUT2D eigenvalue weighted by atomic mass is 16.4. The van der Waals surface area contributed by atoms with Crippen molar-refractivity contribution in [2.75, 3.05) is 13.1 Å². The SMILES string of the molecule is CCC(=O)N(CC)CC(C)C(=O)O. The van der Waals surface area contributed by atoms with Gasteiger partial charge in [0.15, 0.2) is 0 Å². The van der Waals surface area contributed by atoms with E-state index in [9.17, 15) is 9.59 Å². The molecule has 13 heavy (non-hydrogen) atoms. The molecule has 0 aromatic heterocycles. The van der Waals surface area contributed by atoms with Crippen LogP contribution < -0.4 is 0 Å². The lowest BCUT2D eigenvalue weighted by atomic mass is 10.1. The maximum atomic E-state index is 11.2. The molecule has 0 saturated heterocycles. The Bertz CT molecular complexity index is 191. The van der Waals surface area contributed by atoms with E-state index in [1.807, 2.05) is 6.92 Å². The van der Waals surface area contributed by atoms with Crippen LogP contribution >= 0.6 is 0 Å². The summed E-state index contributed by atoms with van der Waals surface area (Å²) in [6, 6.07) is 0. The standard InChI is InChI=1S/C9H17NO3/c1-4-8(11)10(5-2)6-7(3)9(12)13/h7H,4-6H2,1-3H3,(H,12,13). The number of carboxylic acids is 1. The number of hydrogen-bond acceptors (Lipinski definition) is 2. The molecule has 0 heterocycles. The first kappa shape index (κ1) is 11.9. The Morgan fingerprint density at radius 1 is 1.38 bits per heavy atom. The molecule has 0 bridgehead atoms. The van der Waals surface area contributed by atoms with Crippen LogP contribution in [0.5, 0.6) is 0 Å². The van der Waals surface area contributed by atoms with Crippen LogP contribution in [0.25, 0.3) is 0 Å². The van der Waals surface area contributed by atoms with Crippen LogP contribution in [0.15, 0.2) is 0 Å². The summed E-state index contributed by atoms with van der Waals surface area (Å²) < 4.78 is 0. The fourth-order valence-electron chi connectivity index (χ4n) is 1.04. The second kappa shape index (κ2) is 5.56. The van der Waals surface area contributed by atoms with E-state index in [2.05, 4.69) is 0 Å². The summed E-state index contributed by atoms with van der Waals surface area (Å²) in [5.74, 6) is -1.34. The Morgan fingerprint density at radius 3 is 2.23 bits per heavy atom. The Morgan fingerprint density at radius 2 is 1.92 bits per heavy atom. The highest BCUT2D eigenvalue weighted by Crippen LogP contribution is 2.02. The predicted molar refractivity (Wildman–Crippen MR) is 49.3 cm³/mol. The molecule has 1 amide bonds. The average molecular weight is 187 g/mol. The van der Waals surface area contributed by atoms with E-state index in [4.69, 9.17) is 5.11 Å². The largest absolute Gasteiger partial charge is 0.481 e. The average Bonchev–Trinajstić information content (AvgIpc) is 2.12. The third-order valence-electron chi connectivity index (χ3n) is 1.95. The molecule has 0 rings (SSSR count). The lowest BCUT2D eigenvalue weighted by molar-refractivity contribution is -0.143. The molecular weight excluding hydrogens is 170 g/mol. The number of carbonyl (C=O) groups is 2. The molecule has 1 unspecified atom stereocenters. The van der Waals surface area contributed by atoms with Crippen molar-refractivity contribution in [1.29, 1.82) is 0 Å². The molecule has 0 aromatic carbocycles. The number of rotatable bonds is 5. The van der Waals surface area contributed by atoms with Crippen LogP contribution in [-0.2, 0) is 9.59 Å². The minimum absolute atomic E-state index is 0.00981. The lowest BCUT2D eigenvalue weighted by Crippen LogP contribution is -2.36. The number of aliphatic carboxylic acids is 1. The zero-order valence-corrected chi connectivity index (χ0v) is 8.41. The zero-order valence-electron chi connectivity index (χ0n) is 8.41. The third-order valence-corrected chi connectivity index (χ3v) is 1.95. The Hall–Kier alpha value is -1.06. The number of hydrogen-bond donors (Lipinski definition) is 1. The van der Waals surface area contributed by atoms with Gasteiger partial charge in [-0.15, -0.1) is 0 Å². The normalized spacial score (nSPS) is 12.2. The van der Waals surface area contributed by atoms with Gasteiger partial charge in [0.05, 0.1) is 5.92 Å². The smallest absolute Gasteiger partial charge is 0.308 e. The van der Waals surface area contributed by atoms with Crippen LogP contribution in [0, 0.1) is 5.92 Å². The van der Waals surface area contributed by atoms with Crippen LogP contribution in [0.1, 0.15) is 27.2 Å². The van der Waals surface area contributed by atoms with Crippen molar-refractivity contribution in [1.82, 2.24) is 4.90 Å². The molecule has 4 heteroatoms. The van der Waals surface area contributed by atoms with Gasteiger partial charge in [0.1, 0.15) is 0 Å². The van der Waals surface area contributed by atoms with Crippen molar-refractivity contribution >= 4 is 11.9 Å². The minimum Gasteiger partial charge on any atom is -0.481 e. The van der Waals surface area contributed by atoms with Crippen molar-refractivity contribution in [3.8, 4) is 0 Å². The monoisotopic (exact) mass is 187 g/mol. The van der Waals surface area contributed by atoms with Gasteiger partial charge in [-0.3, -0.25) is 9.59 Å². The second-order valence-corrected chi connectivity index (χ2v) is 3.03. The van der Waals surface area contributed by atoms with E-state index in [1.165, 1.54) is 0 Å². The Labute approximate surface area is 78.5 Å².